The van der Waals surface area contributed by atoms with Gasteiger partial charge in [0.25, 0.3) is 0 Å². The molecule has 0 bridgehead atoms. The van der Waals surface area contributed by atoms with Crippen molar-refractivity contribution >= 4 is 11.6 Å². The van der Waals surface area contributed by atoms with Gasteiger partial charge in [-0.1, -0.05) is 11.6 Å². The number of hydrogen-bond acceptors (Lipinski definition) is 4. The van der Waals surface area contributed by atoms with E-state index in [1.807, 2.05) is 19.1 Å². The number of benzene rings is 1. The standard InChI is InChI=1S/C12H11ClN2O2/c1-2-16-9-3-5-10(6-4-9)17-12-7-11(13)14-8-15-12/h3-8H,2H2,1H3. The molecule has 0 saturated heterocycles. The van der Waals surface area contributed by atoms with Crippen molar-refractivity contribution in [3.8, 4) is 17.4 Å². The quantitative estimate of drug-likeness (QED) is 0.781. The average Bonchev–Trinajstić information content (AvgIpc) is 2.32. The lowest BCUT2D eigenvalue weighted by atomic mass is 10.3. The molecule has 0 aliphatic carbocycles. The Morgan fingerprint density at radius 3 is 2.47 bits per heavy atom. The Morgan fingerprint density at radius 2 is 1.82 bits per heavy atom. The van der Waals surface area contributed by atoms with Gasteiger partial charge in [0, 0.05) is 6.07 Å². The number of aromatic nitrogens is 2. The first-order valence-electron chi connectivity index (χ1n) is 5.16. The fourth-order valence-electron chi connectivity index (χ4n) is 1.26. The van der Waals surface area contributed by atoms with Crippen molar-refractivity contribution in [1.29, 1.82) is 0 Å². The van der Waals surface area contributed by atoms with Gasteiger partial charge in [0.2, 0.25) is 5.88 Å². The van der Waals surface area contributed by atoms with Gasteiger partial charge in [-0.05, 0) is 31.2 Å². The molecule has 17 heavy (non-hydrogen) atoms. The molecule has 0 aliphatic rings. The van der Waals surface area contributed by atoms with Gasteiger partial charge in [0.05, 0.1) is 6.61 Å². The smallest absolute Gasteiger partial charge is 0.223 e. The molecule has 0 spiro atoms. The zero-order valence-electron chi connectivity index (χ0n) is 9.26. The Kier molecular flexibility index (Phi) is 3.77. The van der Waals surface area contributed by atoms with Crippen LogP contribution in [0.15, 0.2) is 36.7 Å². The van der Waals surface area contributed by atoms with Gasteiger partial charge in [0.1, 0.15) is 23.0 Å². The lowest BCUT2D eigenvalue weighted by Gasteiger charge is -2.06. The van der Waals surface area contributed by atoms with Crippen LogP contribution in [0.3, 0.4) is 0 Å². The highest BCUT2D eigenvalue weighted by atomic mass is 35.5. The zero-order valence-corrected chi connectivity index (χ0v) is 10.0. The maximum Gasteiger partial charge on any atom is 0.223 e. The summed E-state index contributed by atoms with van der Waals surface area (Å²) < 4.78 is 10.8. The van der Waals surface area contributed by atoms with E-state index >= 15 is 0 Å². The SMILES string of the molecule is CCOc1ccc(Oc2cc(Cl)ncn2)cc1. The fraction of sp³-hybridized carbons (Fsp3) is 0.167. The summed E-state index contributed by atoms with van der Waals surface area (Å²) >= 11 is 5.73. The summed E-state index contributed by atoms with van der Waals surface area (Å²) in [6.45, 7) is 2.58. The van der Waals surface area contributed by atoms with Gasteiger partial charge in [-0.2, -0.15) is 0 Å². The fourth-order valence-corrected chi connectivity index (χ4v) is 1.40. The highest BCUT2D eigenvalue weighted by Crippen LogP contribution is 2.23. The second-order valence-electron chi connectivity index (χ2n) is 3.19. The number of halogens is 1. The van der Waals surface area contributed by atoms with E-state index in [2.05, 4.69) is 9.97 Å². The van der Waals surface area contributed by atoms with Crippen LogP contribution in [0, 0.1) is 0 Å². The van der Waals surface area contributed by atoms with Gasteiger partial charge in [0.15, 0.2) is 0 Å². The average molecular weight is 251 g/mol. The predicted octanol–water partition coefficient (Wildman–Crippen LogP) is 3.32. The predicted molar refractivity (Wildman–Crippen MR) is 64.7 cm³/mol. The van der Waals surface area contributed by atoms with E-state index in [1.165, 1.54) is 6.33 Å². The van der Waals surface area contributed by atoms with Gasteiger partial charge >= 0.3 is 0 Å². The van der Waals surface area contributed by atoms with E-state index in [9.17, 15) is 0 Å². The number of hydrogen-bond donors (Lipinski definition) is 0. The van der Waals surface area contributed by atoms with Gasteiger partial charge in [-0.25, -0.2) is 9.97 Å². The molecule has 0 radical (unpaired) electrons. The maximum atomic E-state index is 5.73. The molecule has 2 aromatic rings. The summed E-state index contributed by atoms with van der Waals surface area (Å²) in [5, 5.41) is 0.348. The highest BCUT2D eigenvalue weighted by molar-refractivity contribution is 6.29. The molecular weight excluding hydrogens is 240 g/mol. The van der Waals surface area contributed by atoms with Crippen LogP contribution in [0.5, 0.6) is 17.4 Å². The Labute approximate surface area is 104 Å². The minimum Gasteiger partial charge on any atom is -0.494 e. The summed E-state index contributed by atoms with van der Waals surface area (Å²) in [4.78, 5) is 7.72. The first-order chi connectivity index (χ1) is 8.28. The summed E-state index contributed by atoms with van der Waals surface area (Å²) in [5.74, 6) is 1.89. The molecule has 5 heteroatoms. The summed E-state index contributed by atoms with van der Waals surface area (Å²) in [7, 11) is 0. The first-order valence-corrected chi connectivity index (χ1v) is 5.54. The molecule has 1 aromatic carbocycles. The van der Waals surface area contributed by atoms with E-state index in [0.29, 0.717) is 23.4 Å². The maximum absolute atomic E-state index is 5.73. The molecule has 0 amide bonds. The molecule has 0 fully saturated rings. The van der Waals surface area contributed by atoms with Crippen LogP contribution in [0.4, 0.5) is 0 Å². The first kappa shape index (κ1) is 11.7. The Morgan fingerprint density at radius 1 is 1.12 bits per heavy atom. The third kappa shape index (κ3) is 3.32. The molecule has 0 atom stereocenters. The third-order valence-corrected chi connectivity index (χ3v) is 2.17. The monoisotopic (exact) mass is 250 g/mol. The summed E-state index contributed by atoms with van der Waals surface area (Å²) in [5.41, 5.74) is 0. The summed E-state index contributed by atoms with van der Waals surface area (Å²) in [6.07, 6.45) is 1.35. The number of nitrogens with zero attached hydrogens (tertiary/aromatic N) is 2. The molecule has 88 valence electrons. The van der Waals surface area contributed by atoms with Crippen LogP contribution in [-0.2, 0) is 0 Å². The van der Waals surface area contributed by atoms with Crippen molar-refractivity contribution < 1.29 is 9.47 Å². The lowest BCUT2D eigenvalue weighted by Crippen LogP contribution is -1.92. The normalized spacial score (nSPS) is 10.0. The van der Waals surface area contributed by atoms with Crippen LogP contribution in [0.25, 0.3) is 0 Å². The van der Waals surface area contributed by atoms with Crippen molar-refractivity contribution in [2.75, 3.05) is 6.61 Å². The van der Waals surface area contributed by atoms with Crippen molar-refractivity contribution in [3.05, 3.63) is 41.8 Å². The van der Waals surface area contributed by atoms with Crippen LogP contribution in [-0.4, -0.2) is 16.6 Å². The zero-order chi connectivity index (χ0) is 12.1. The van der Waals surface area contributed by atoms with Crippen LogP contribution in [0.1, 0.15) is 6.92 Å². The molecule has 1 heterocycles. The largest absolute Gasteiger partial charge is 0.494 e. The Balaban J connectivity index is 2.08. The van der Waals surface area contributed by atoms with Crippen molar-refractivity contribution in [1.82, 2.24) is 9.97 Å². The molecule has 0 aliphatic heterocycles. The highest BCUT2D eigenvalue weighted by Gasteiger charge is 2.00. The molecular formula is C12H11ClN2O2. The van der Waals surface area contributed by atoms with E-state index in [4.69, 9.17) is 21.1 Å². The molecule has 1 aromatic heterocycles. The van der Waals surface area contributed by atoms with E-state index < -0.39 is 0 Å². The van der Waals surface area contributed by atoms with E-state index in [1.54, 1.807) is 18.2 Å². The minimum atomic E-state index is 0.348. The van der Waals surface area contributed by atoms with E-state index in [0.717, 1.165) is 5.75 Å². The second kappa shape index (κ2) is 5.50. The second-order valence-corrected chi connectivity index (χ2v) is 3.57. The van der Waals surface area contributed by atoms with Gasteiger partial charge in [-0.3, -0.25) is 0 Å². The minimum absolute atomic E-state index is 0.348. The molecule has 0 N–H and O–H groups in total. The molecule has 2 rings (SSSR count). The van der Waals surface area contributed by atoms with Crippen molar-refractivity contribution in [2.24, 2.45) is 0 Å². The number of ether oxygens (including phenoxy) is 2. The van der Waals surface area contributed by atoms with Gasteiger partial charge < -0.3 is 9.47 Å². The molecule has 4 nitrogen and oxygen atoms in total. The van der Waals surface area contributed by atoms with Gasteiger partial charge in [-0.15, -0.1) is 0 Å². The lowest BCUT2D eigenvalue weighted by molar-refractivity contribution is 0.339. The van der Waals surface area contributed by atoms with Crippen LogP contribution >= 0.6 is 11.6 Å². The van der Waals surface area contributed by atoms with E-state index in [-0.39, 0.29) is 0 Å². The number of rotatable bonds is 4. The Bertz CT molecular complexity index is 488. The summed E-state index contributed by atoms with van der Waals surface area (Å²) in [6, 6.07) is 8.84. The van der Waals surface area contributed by atoms with Crippen molar-refractivity contribution in [3.63, 3.8) is 0 Å². The molecule has 0 unspecified atom stereocenters. The third-order valence-electron chi connectivity index (χ3n) is 1.97. The van der Waals surface area contributed by atoms with Crippen LogP contribution < -0.4 is 9.47 Å². The van der Waals surface area contributed by atoms with Crippen molar-refractivity contribution in [2.45, 2.75) is 6.92 Å². The van der Waals surface area contributed by atoms with Crippen LogP contribution in [0.2, 0.25) is 5.15 Å². The topological polar surface area (TPSA) is 44.2 Å². The Hall–Kier alpha value is -1.81. The molecule has 0 saturated carbocycles.